The number of thioether (sulfide) groups is 1. The van der Waals surface area contributed by atoms with Gasteiger partial charge in [-0.1, -0.05) is 54.6 Å². The Morgan fingerprint density at radius 1 is 1.20 bits per heavy atom. The number of aryl methyl sites for hydroxylation is 2. The lowest BCUT2D eigenvalue weighted by Crippen LogP contribution is -2.41. The number of nitrogens with zero attached hydrogens (tertiary/aromatic N) is 3. The molecule has 2 heterocycles. The SMILES string of the molecule is CCCc1nnc2n1N[C@@H](c1ccc(Cl)cc1)[C@@H](C(=O)Nc1cccc(C)c1C)S2. The number of benzene rings is 2. The molecule has 0 saturated carbocycles. The number of carbonyl (C=O) groups excluding carboxylic acids is 1. The maximum Gasteiger partial charge on any atom is 0.240 e. The van der Waals surface area contributed by atoms with Gasteiger partial charge in [-0.25, -0.2) is 4.68 Å². The van der Waals surface area contributed by atoms with Crippen molar-refractivity contribution in [3.63, 3.8) is 0 Å². The molecule has 2 aromatic carbocycles. The number of amides is 1. The van der Waals surface area contributed by atoms with Crippen molar-refractivity contribution in [2.24, 2.45) is 0 Å². The summed E-state index contributed by atoms with van der Waals surface area (Å²) in [5, 5.41) is 12.7. The van der Waals surface area contributed by atoms with Gasteiger partial charge < -0.3 is 10.7 Å². The summed E-state index contributed by atoms with van der Waals surface area (Å²) in [7, 11) is 0. The van der Waals surface area contributed by atoms with E-state index in [0.29, 0.717) is 10.2 Å². The first-order valence-electron chi connectivity index (χ1n) is 9.98. The fourth-order valence-corrected chi connectivity index (χ4v) is 4.72. The van der Waals surface area contributed by atoms with Crippen LogP contribution in [0.15, 0.2) is 47.6 Å². The number of anilines is 1. The van der Waals surface area contributed by atoms with E-state index >= 15 is 0 Å². The number of carbonyl (C=O) groups is 1. The number of hydrogen-bond donors (Lipinski definition) is 2. The van der Waals surface area contributed by atoms with Gasteiger partial charge in [0.2, 0.25) is 11.1 Å². The normalized spacial score (nSPS) is 17.9. The first kappa shape index (κ1) is 20.8. The van der Waals surface area contributed by atoms with Crippen LogP contribution >= 0.6 is 23.4 Å². The van der Waals surface area contributed by atoms with Crippen LogP contribution in [-0.4, -0.2) is 26.0 Å². The highest BCUT2D eigenvalue weighted by Gasteiger charge is 2.37. The fourth-order valence-electron chi connectivity index (χ4n) is 3.49. The molecule has 6 nitrogen and oxygen atoms in total. The third-order valence-corrected chi connectivity index (χ3v) is 6.79. The molecule has 2 atom stereocenters. The zero-order valence-corrected chi connectivity index (χ0v) is 18.7. The Hall–Kier alpha value is -2.51. The molecule has 0 aliphatic carbocycles. The number of hydrogen-bond acceptors (Lipinski definition) is 5. The zero-order chi connectivity index (χ0) is 21.3. The summed E-state index contributed by atoms with van der Waals surface area (Å²) in [6.07, 6.45) is 1.78. The molecule has 1 aromatic heterocycles. The Morgan fingerprint density at radius 2 is 1.97 bits per heavy atom. The molecular formula is C22H24ClN5OS. The molecule has 1 aliphatic heterocycles. The summed E-state index contributed by atoms with van der Waals surface area (Å²) in [5.41, 5.74) is 7.49. The van der Waals surface area contributed by atoms with E-state index in [9.17, 15) is 4.79 Å². The first-order valence-corrected chi connectivity index (χ1v) is 11.2. The van der Waals surface area contributed by atoms with Crippen molar-refractivity contribution in [3.8, 4) is 0 Å². The van der Waals surface area contributed by atoms with Crippen LogP contribution in [0.5, 0.6) is 0 Å². The van der Waals surface area contributed by atoms with Crippen LogP contribution in [0.1, 0.15) is 41.9 Å². The predicted molar refractivity (Wildman–Crippen MR) is 122 cm³/mol. The van der Waals surface area contributed by atoms with Gasteiger partial charge in [-0.2, -0.15) is 0 Å². The second kappa shape index (κ2) is 8.70. The lowest BCUT2D eigenvalue weighted by atomic mass is 10.0. The van der Waals surface area contributed by atoms with Gasteiger partial charge >= 0.3 is 0 Å². The predicted octanol–water partition coefficient (Wildman–Crippen LogP) is 4.90. The maximum atomic E-state index is 13.4. The van der Waals surface area contributed by atoms with Crippen LogP contribution in [-0.2, 0) is 11.2 Å². The fraction of sp³-hybridized carbons (Fsp3) is 0.318. The van der Waals surface area contributed by atoms with Crippen molar-refractivity contribution in [2.75, 3.05) is 10.7 Å². The van der Waals surface area contributed by atoms with Gasteiger partial charge in [-0.05, 0) is 55.2 Å². The van der Waals surface area contributed by atoms with E-state index in [1.807, 2.05) is 61.0 Å². The molecule has 156 valence electrons. The second-order valence-corrected chi connectivity index (χ2v) is 8.96. The van der Waals surface area contributed by atoms with E-state index in [1.165, 1.54) is 11.8 Å². The van der Waals surface area contributed by atoms with Crippen molar-refractivity contribution < 1.29 is 4.79 Å². The number of rotatable bonds is 5. The van der Waals surface area contributed by atoms with E-state index in [1.54, 1.807) is 0 Å². The van der Waals surface area contributed by atoms with E-state index in [4.69, 9.17) is 11.6 Å². The van der Waals surface area contributed by atoms with Crippen LogP contribution in [0.2, 0.25) is 5.02 Å². The molecular weight excluding hydrogens is 418 g/mol. The van der Waals surface area contributed by atoms with Crippen molar-refractivity contribution in [1.82, 2.24) is 14.9 Å². The number of nitrogens with one attached hydrogen (secondary N) is 2. The van der Waals surface area contributed by atoms with E-state index in [2.05, 4.69) is 27.9 Å². The molecule has 3 aromatic rings. The summed E-state index contributed by atoms with van der Waals surface area (Å²) in [6, 6.07) is 13.3. The third kappa shape index (κ3) is 4.04. The molecule has 1 amide bonds. The highest BCUT2D eigenvalue weighted by molar-refractivity contribution is 8.00. The van der Waals surface area contributed by atoms with E-state index in [-0.39, 0.29) is 11.9 Å². The molecule has 30 heavy (non-hydrogen) atoms. The lowest BCUT2D eigenvalue weighted by molar-refractivity contribution is -0.116. The van der Waals surface area contributed by atoms with E-state index in [0.717, 1.165) is 41.0 Å². The summed E-state index contributed by atoms with van der Waals surface area (Å²) < 4.78 is 1.91. The smallest absolute Gasteiger partial charge is 0.240 e. The van der Waals surface area contributed by atoms with Crippen molar-refractivity contribution in [2.45, 2.75) is 50.1 Å². The Kier molecular flexibility index (Phi) is 6.01. The minimum absolute atomic E-state index is 0.0764. The van der Waals surface area contributed by atoms with Gasteiger partial charge in [-0.15, -0.1) is 10.2 Å². The minimum atomic E-state index is -0.419. The van der Waals surface area contributed by atoms with Crippen LogP contribution in [0.25, 0.3) is 0 Å². The molecule has 8 heteroatoms. The standard InChI is InChI=1S/C22H24ClN5OS/c1-4-6-18-25-26-22-28(18)27-19(15-9-11-16(23)12-10-15)20(30-22)21(29)24-17-8-5-7-13(2)14(17)3/h5,7-12,19-20,27H,4,6H2,1-3H3,(H,24,29)/t19-,20-/m0/s1. The molecule has 4 rings (SSSR count). The highest BCUT2D eigenvalue weighted by Crippen LogP contribution is 2.38. The lowest BCUT2D eigenvalue weighted by Gasteiger charge is -2.33. The molecule has 1 aliphatic rings. The Bertz CT molecular complexity index is 1070. The molecule has 0 saturated heterocycles. The topological polar surface area (TPSA) is 71.8 Å². The Balaban J connectivity index is 1.68. The van der Waals surface area contributed by atoms with Gasteiger partial charge in [0.15, 0.2) is 5.82 Å². The number of fused-ring (bicyclic) bond motifs is 1. The van der Waals surface area contributed by atoms with Crippen LogP contribution in [0.3, 0.4) is 0 Å². The van der Waals surface area contributed by atoms with Gasteiger partial charge in [0.05, 0.1) is 6.04 Å². The summed E-state index contributed by atoms with van der Waals surface area (Å²) >= 11 is 7.52. The molecule has 2 N–H and O–H groups in total. The summed E-state index contributed by atoms with van der Waals surface area (Å²) in [6.45, 7) is 6.16. The monoisotopic (exact) mass is 441 g/mol. The molecule has 0 radical (unpaired) electrons. The minimum Gasteiger partial charge on any atom is -0.325 e. The average Bonchev–Trinajstić information content (AvgIpc) is 3.13. The maximum absolute atomic E-state index is 13.4. The van der Waals surface area contributed by atoms with Crippen LogP contribution in [0.4, 0.5) is 5.69 Å². The Labute approximate surface area is 185 Å². The van der Waals surface area contributed by atoms with Gasteiger partial charge in [0.1, 0.15) is 5.25 Å². The first-order chi connectivity index (χ1) is 14.5. The van der Waals surface area contributed by atoms with Crippen LogP contribution < -0.4 is 10.7 Å². The highest BCUT2D eigenvalue weighted by atomic mass is 35.5. The molecule has 0 fully saturated rings. The largest absolute Gasteiger partial charge is 0.325 e. The van der Waals surface area contributed by atoms with Crippen molar-refractivity contribution in [1.29, 1.82) is 0 Å². The number of aromatic nitrogens is 3. The van der Waals surface area contributed by atoms with Crippen molar-refractivity contribution in [3.05, 3.63) is 70.0 Å². The molecule has 0 spiro atoms. The third-order valence-electron chi connectivity index (χ3n) is 5.33. The van der Waals surface area contributed by atoms with E-state index < -0.39 is 5.25 Å². The quantitative estimate of drug-likeness (QED) is 0.589. The molecule has 0 unspecified atom stereocenters. The second-order valence-electron chi connectivity index (χ2n) is 7.42. The van der Waals surface area contributed by atoms with Gasteiger partial charge in [0.25, 0.3) is 0 Å². The van der Waals surface area contributed by atoms with Gasteiger partial charge in [-0.3, -0.25) is 4.79 Å². The van der Waals surface area contributed by atoms with Gasteiger partial charge in [0, 0.05) is 17.1 Å². The zero-order valence-electron chi connectivity index (χ0n) is 17.1. The molecule has 0 bridgehead atoms. The Morgan fingerprint density at radius 3 is 2.70 bits per heavy atom. The average molecular weight is 442 g/mol. The van der Waals surface area contributed by atoms with Crippen molar-refractivity contribution >= 4 is 35.0 Å². The summed E-state index contributed by atoms with van der Waals surface area (Å²) in [4.78, 5) is 13.4. The van der Waals surface area contributed by atoms with Crippen LogP contribution in [0, 0.1) is 13.8 Å². The number of halogens is 1. The summed E-state index contributed by atoms with van der Waals surface area (Å²) in [5.74, 6) is 0.791.